The van der Waals surface area contributed by atoms with E-state index in [1.807, 2.05) is 6.07 Å². The Kier molecular flexibility index (Phi) is 4.76. The van der Waals surface area contributed by atoms with Crippen molar-refractivity contribution in [1.29, 1.82) is 0 Å². The predicted octanol–water partition coefficient (Wildman–Crippen LogP) is 2.36. The average molecular weight is 347 g/mol. The topological polar surface area (TPSA) is 29.5 Å². The third kappa shape index (κ3) is 3.38. The fourth-order valence-corrected chi connectivity index (χ4v) is 5.17. The molecule has 21 heavy (non-hydrogen) atoms. The normalized spacial score (nSPS) is 25.1. The molecule has 2 aromatic carbocycles. The summed E-state index contributed by atoms with van der Waals surface area (Å²) in [7, 11) is 0. The van der Waals surface area contributed by atoms with Gasteiger partial charge in [-0.25, -0.2) is 0 Å². The van der Waals surface area contributed by atoms with Crippen molar-refractivity contribution in [3.8, 4) is 0 Å². The van der Waals surface area contributed by atoms with Gasteiger partial charge in [0.2, 0.25) is 0 Å². The van der Waals surface area contributed by atoms with E-state index in [0.717, 1.165) is 11.7 Å². The van der Waals surface area contributed by atoms with Gasteiger partial charge in [0, 0.05) is 0 Å². The van der Waals surface area contributed by atoms with Crippen LogP contribution in [-0.4, -0.2) is 33.3 Å². The van der Waals surface area contributed by atoms with Gasteiger partial charge in [-0.2, -0.15) is 0 Å². The molecule has 2 atom stereocenters. The summed E-state index contributed by atoms with van der Waals surface area (Å²) in [6.07, 6.45) is 0.919. The number of aliphatic hydroxyl groups excluding tert-OH is 1. The average Bonchev–Trinajstić information content (AvgIpc) is 3.00. The van der Waals surface area contributed by atoms with Gasteiger partial charge in [-0.1, -0.05) is 0 Å². The Morgan fingerprint density at radius 3 is 2.33 bits per heavy atom. The molecule has 0 aromatic heterocycles. The molecule has 110 valence electrons. The Morgan fingerprint density at radius 2 is 1.71 bits per heavy atom. The van der Waals surface area contributed by atoms with Crippen LogP contribution in [0.2, 0.25) is 5.32 Å². The minimum atomic E-state index is -0.218. The zero-order chi connectivity index (χ0) is 14.5. The molecule has 0 saturated carbocycles. The van der Waals surface area contributed by atoms with Crippen LogP contribution in [0.25, 0.3) is 0 Å². The van der Waals surface area contributed by atoms with E-state index in [1.54, 1.807) is 0 Å². The van der Waals surface area contributed by atoms with Gasteiger partial charge in [0.25, 0.3) is 0 Å². The summed E-state index contributed by atoms with van der Waals surface area (Å²) in [5.74, 6) is 0.261. The van der Waals surface area contributed by atoms with Crippen LogP contribution in [0, 0.1) is 5.92 Å². The van der Waals surface area contributed by atoms with E-state index >= 15 is 0 Å². The Morgan fingerprint density at radius 1 is 1.05 bits per heavy atom. The van der Waals surface area contributed by atoms with Crippen LogP contribution in [0.15, 0.2) is 60.7 Å². The van der Waals surface area contributed by atoms with Gasteiger partial charge in [-0.3, -0.25) is 0 Å². The van der Waals surface area contributed by atoms with E-state index in [1.165, 1.54) is 10.0 Å². The predicted molar refractivity (Wildman–Crippen MR) is 85.9 cm³/mol. The van der Waals surface area contributed by atoms with Crippen LogP contribution < -0.4 is 4.46 Å². The quantitative estimate of drug-likeness (QED) is 0.842. The van der Waals surface area contributed by atoms with Gasteiger partial charge < -0.3 is 0 Å². The van der Waals surface area contributed by atoms with Gasteiger partial charge >= 0.3 is 132 Å². The third-order valence-corrected chi connectivity index (χ3v) is 6.54. The number of hydrogen-bond donors (Lipinski definition) is 1. The molecular weight excluding hydrogens is 327 g/mol. The molecule has 1 N–H and O–H groups in total. The molecule has 1 saturated heterocycles. The fraction of sp³-hybridized carbons (Fsp3) is 0.333. The number of benzene rings is 2. The molecule has 1 aliphatic rings. The zero-order valence-corrected chi connectivity index (χ0v) is 13.7. The molecule has 0 bridgehead atoms. The molecule has 0 radical (unpaired) electrons. The third-order valence-electron chi connectivity index (χ3n) is 3.99. The summed E-state index contributed by atoms with van der Waals surface area (Å²) < 4.78 is 7.61. The standard InChI is InChI=1S/C18H20O2Se/c19-12-15-11-18(20-13-15,16-7-3-1-4-8-16)14-21-17-9-5-2-6-10-17/h1-10,15,19H,11-14H2/t15-,18+/m1/s1. The molecule has 0 aliphatic carbocycles. The summed E-state index contributed by atoms with van der Waals surface area (Å²) in [6, 6.07) is 21.1. The molecule has 1 aliphatic heterocycles. The van der Waals surface area contributed by atoms with E-state index in [0.29, 0.717) is 21.6 Å². The van der Waals surface area contributed by atoms with Crippen molar-refractivity contribution in [2.24, 2.45) is 5.92 Å². The van der Waals surface area contributed by atoms with Crippen molar-refractivity contribution in [2.75, 3.05) is 13.2 Å². The zero-order valence-electron chi connectivity index (χ0n) is 11.9. The van der Waals surface area contributed by atoms with Gasteiger partial charge in [-0.05, 0) is 0 Å². The fourth-order valence-electron chi connectivity index (χ4n) is 2.82. The summed E-state index contributed by atoms with van der Waals surface area (Å²) in [5.41, 5.74) is 1.03. The van der Waals surface area contributed by atoms with Crippen molar-refractivity contribution < 1.29 is 9.84 Å². The van der Waals surface area contributed by atoms with E-state index in [4.69, 9.17) is 4.74 Å². The van der Waals surface area contributed by atoms with Gasteiger partial charge in [0.05, 0.1) is 0 Å². The number of rotatable bonds is 5. The molecule has 2 aromatic rings. The first-order chi connectivity index (χ1) is 10.3. The van der Waals surface area contributed by atoms with Crippen LogP contribution >= 0.6 is 0 Å². The monoisotopic (exact) mass is 348 g/mol. The second-order valence-corrected chi connectivity index (χ2v) is 7.73. The van der Waals surface area contributed by atoms with Crippen LogP contribution in [0.5, 0.6) is 0 Å². The minimum absolute atomic E-state index is 0.215. The van der Waals surface area contributed by atoms with E-state index < -0.39 is 0 Å². The molecule has 3 heteroatoms. The number of aliphatic hydroxyl groups is 1. The van der Waals surface area contributed by atoms with Crippen molar-refractivity contribution in [3.63, 3.8) is 0 Å². The summed E-state index contributed by atoms with van der Waals surface area (Å²) in [4.78, 5) is 0. The molecule has 0 spiro atoms. The SMILES string of the molecule is OC[C@@H]1CO[C@@](C[Se]c2ccccc2)(c2ccccc2)C1. The van der Waals surface area contributed by atoms with Gasteiger partial charge in [0.15, 0.2) is 0 Å². The van der Waals surface area contributed by atoms with Gasteiger partial charge in [0.1, 0.15) is 0 Å². The maximum atomic E-state index is 9.46. The second kappa shape index (κ2) is 6.76. The van der Waals surface area contributed by atoms with E-state index in [-0.39, 0.29) is 18.1 Å². The Hall–Kier alpha value is -1.12. The van der Waals surface area contributed by atoms with Crippen molar-refractivity contribution in [1.82, 2.24) is 0 Å². The molecule has 0 unspecified atom stereocenters. The Balaban J connectivity index is 1.80. The molecule has 2 nitrogen and oxygen atoms in total. The van der Waals surface area contributed by atoms with Crippen molar-refractivity contribution in [2.45, 2.75) is 17.3 Å². The first-order valence-electron chi connectivity index (χ1n) is 7.31. The van der Waals surface area contributed by atoms with Crippen LogP contribution in [0.3, 0.4) is 0 Å². The summed E-state index contributed by atoms with van der Waals surface area (Å²) in [5, 5.41) is 10.5. The summed E-state index contributed by atoms with van der Waals surface area (Å²) >= 11 is 0.376. The Labute approximate surface area is 132 Å². The molecular formula is C18H20O2Se. The summed E-state index contributed by atoms with van der Waals surface area (Å²) in [6.45, 7) is 0.878. The number of ether oxygens (including phenoxy) is 1. The second-order valence-electron chi connectivity index (χ2n) is 5.53. The van der Waals surface area contributed by atoms with E-state index in [9.17, 15) is 5.11 Å². The first kappa shape index (κ1) is 14.8. The van der Waals surface area contributed by atoms with Gasteiger partial charge in [-0.15, -0.1) is 0 Å². The maximum absolute atomic E-state index is 9.46. The number of hydrogen-bond acceptors (Lipinski definition) is 2. The molecule has 1 heterocycles. The van der Waals surface area contributed by atoms with Crippen LogP contribution in [-0.2, 0) is 10.3 Å². The first-order valence-corrected chi connectivity index (χ1v) is 9.37. The van der Waals surface area contributed by atoms with Crippen LogP contribution in [0.1, 0.15) is 12.0 Å². The van der Waals surface area contributed by atoms with Crippen molar-refractivity contribution >= 4 is 19.4 Å². The molecule has 3 rings (SSSR count). The Bertz CT molecular complexity index is 558. The van der Waals surface area contributed by atoms with Crippen molar-refractivity contribution in [3.05, 3.63) is 66.2 Å². The molecule has 1 fully saturated rings. The molecule has 0 amide bonds. The van der Waals surface area contributed by atoms with E-state index in [2.05, 4.69) is 54.6 Å². The van der Waals surface area contributed by atoms with Crippen LogP contribution in [0.4, 0.5) is 0 Å².